The van der Waals surface area contributed by atoms with Crippen molar-refractivity contribution in [2.45, 2.75) is 115 Å². The third-order valence-corrected chi connectivity index (χ3v) is 11.5. The minimum Gasteiger partial charge on any atom is -0.444 e. The van der Waals surface area contributed by atoms with E-state index < -0.39 is 11.2 Å². The lowest BCUT2D eigenvalue weighted by Gasteiger charge is -2.35. The van der Waals surface area contributed by atoms with Crippen molar-refractivity contribution in [2.24, 2.45) is 11.8 Å². The van der Waals surface area contributed by atoms with Gasteiger partial charge in [-0.2, -0.15) is 0 Å². The molecular weight excluding hydrogens is 652 g/mol. The third kappa shape index (κ3) is 5.80. The van der Waals surface area contributed by atoms with Crippen LogP contribution in [0, 0.1) is 11.8 Å². The first-order valence-electron chi connectivity index (χ1n) is 18.9. The third-order valence-electron chi connectivity index (χ3n) is 11.5. The van der Waals surface area contributed by atoms with Crippen molar-refractivity contribution in [1.82, 2.24) is 29.7 Å². The zero-order valence-corrected chi connectivity index (χ0v) is 30.9. The van der Waals surface area contributed by atoms with E-state index in [9.17, 15) is 9.59 Å². The van der Waals surface area contributed by atoms with Crippen LogP contribution >= 0.6 is 0 Å². The number of likely N-dealkylation sites (tertiary alicyclic amines) is 2. The van der Waals surface area contributed by atoms with E-state index in [1.165, 1.54) is 0 Å². The van der Waals surface area contributed by atoms with E-state index in [1.54, 1.807) is 0 Å². The van der Waals surface area contributed by atoms with E-state index in [0.717, 1.165) is 94.5 Å². The average molecular weight is 701 g/mol. The molecule has 10 heteroatoms. The summed E-state index contributed by atoms with van der Waals surface area (Å²) in [6.45, 7) is 11.5. The molecule has 2 aliphatic heterocycles. The SMILES string of the molecule is CC(C)(C)OC(=O)N1[C@@H]2CC[C@@H](C2)[C@H]1c1nc2ccc(-c3ccc(-c4ccc5nc([C@@H]6[C@H]7CC[C@H](C7)N6C(=O)OC(C)(C)C)[nH]c5c4)cc3)cc2[nH]1. The summed E-state index contributed by atoms with van der Waals surface area (Å²) in [5.74, 6) is 2.47. The Morgan fingerprint density at radius 3 is 1.37 bits per heavy atom. The second kappa shape index (κ2) is 11.8. The molecule has 2 saturated heterocycles. The molecule has 9 rings (SSSR count). The number of H-pyrrole nitrogens is 2. The van der Waals surface area contributed by atoms with E-state index in [1.807, 2.05) is 51.3 Å². The summed E-state index contributed by atoms with van der Waals surface area (Å²) >= 11 is 0. The van der Waals surface area contributed by atoms with Gasteiger partial charge in [-0.3, -0.25) is 9.80 Å². The lowest BCUT2D eigenvalue weighted by Crippen LogP contribution is -2.43. The molecule has 52 heavy (non-hydrogen) atoms. The van der Waals surface area contributed by atoms with Crippen molar-refractivity contribution in [2.75, 3.05) is 0 Å². The molecule has 4 aliphatic rings. The molecule has 0 unspecified atom stereocenters. The topological polar surface area (TPSA) is 116 Å². The molecule has 2 N–H and O–H groups in total. The zero-order chi connectivity index (χ0) is 36.1. The quantitative estimate of drug-likeness (QED) is 0.193. The number of hydrogen-bond acceptors (Lipinski definition) is 6. The minimum atomic E-state index is -0.543. The molecule has 4 fully saturated rings. The molecule has 5 aromatic rings. The van der Waals surface area contributed by atoms with Crippen molar-refractivity contribution >= 4 is 34.3 Å². The maximum Gasteiger partial charge on any atom is 0.411 e. The summed E-state index contributed by atoms with van der Waals surface area (Å²) in [6, 6.07) is 21.5. The Bertz CT molecular complexity index is 2030. The van der Waals surface area contributed by atoms with Crippen LogP contribution in [-0.2, 0) is 9.47 Å². The summed E-state index contributed by atoms with van der Waals surface area (Å²) in [4.78, 5) is 47.6. The van der Waals surface area contributed by atoms with Crippen molar-refractivity contribution < 1.29 is 19.1 Å². The standard InChI is InChI=1S/C42H48N6O4/c1-41(2,3)51-39(49)47-29-15-11-27(19-29)35(47)37-43-31-17-13-25(21-33(31)45-37)23-7-9-24(10-8-23)26-14-18-32-34(22-26)46-38(44-32)36-28-12-16-30(20-28)48(36)40(50)52-42(4,5)6/h7-10,13-14,17-18,21-22,27-30,35-36H,11-12,15-16,19-20H2,1-6H3,(H,43,45)(H,44,46)/t27-,28-,29+,30+,35-,36-/m0/s1. The van der Waals surface area contributed by atoms with Crippen LogP contribution in [0.5, 0.6) is 0 Å². The van der Waals surface area contributed by atoms with Crippen molar-refractivity contribution in [3.05, 3.63) is 72.3 Å². The molecular formula is C42H48N6O4. The first kappa shape index (κ1) is 33.0. The number of benzene rings is 3. The molecule has 270 valence electrons. The smallest absolute Gasteiger partial charge is 0.411 e. The predicted octanol–water partition coefficient (Wildman–Crippen LogP) is 9.69. The summed E-state index contributed by atoms with van der Waals surface area (Å²) in [5, 5.41) is 0. The van der Waals surface area contributed by atoms with Gasteiger partial charge in [0, 0.05) is 12.1 Å². The maximum atomic E-state index is 13.3. The van der Waals surface area contributed by atoms with Crippen molar-refractivity contribution in [1.29, 1.82) is 0 Å². The number of nitrogens with zero attached hydrogens (tertiary/aromatic N) is 4. The van der Waals surface area contributed by atoms with Crippen LogP contribution in [0.1, 0.15) is 104 Å². The van der Waals surface area contributed by atoms with Crippen LogP contribution in [-0.4, -0.2) is 65.2 Å². The summed E-state index contributed by atoms with van der Waals surface area (Å²) in [6.07, 6.45) is 5.76. The van der Waals surface area contributed by atoms with Gasteiger partial charge in [0.05, 0.1) is 34.2 Å². The highest BCUT2D eigenvalue weighted by Crippen LogP contribution is 2.51. The number of carbonyl (C=O) groups excluding carboxylic acids is 2. The Labute approximate surface area is 304 Å². The molecule has 0 radical (unpaired) electrons. The van der Waals surface area contributed by atoms with Gasteiger partial charge in [-0.05, 0) is 138 Å². The molecule has 2 aromatic heterocycles. The number of nitrogens with one attached hydrogen (secondary N) is 2. The number of amides is 2. The van der Waals surface area contributed by atoms with Crippen molar-refractivity contribution in [3.8, 4) is 22.3 Å². The Hall–Kier alpha value is -4.86. The number of aromatic amines is 2. The summed E-state index contributed by atoms with van der Waals surface area (Å²) in [7, 11) is 0. The van der Waals surface area contributed by atoms with Crippen LogP contribution < -0.4 is 0 Å². The van der Waals surface area contributed by atoms with Gasteiger partial charge in [0.2, 0.25) is 0 Å². The highest BCUT2D eigenvalue weighted by atomic mass is 16.6. The van der Waals surface area contributed by atoms with Crippen LogP contribution in [0.4, 0.5) is 9.59 Å². The first-order valence-corrected chi connectivity index (χ1v) is 18.9. The highest BCUT2D eigenvalue weighted by Gasteiger charge is 2.52. The highest BCUT2D eigenvalue weighted by molar-refractivity contribution is 5.85. The van der Waals surface area contributed by atoms with Crippen LogP contribution in [0.25, 0.3) is 44.3 Å². The van der Waals surface area contributed by atoms with Gasteiger partial charge in [-0.15, -0.1) is 0 Å². The zero-order valence-electron chi connectivity index (χ0n) is 30.9. The Morgan fingerprint density at radius 2 is 0.981 bits per heavy atom. The molecule has 2 aliphatic carbocycles. The lowest BCUT2D eigenvalue weighted by atomic mass is 9.98. The molecule has 10 nitrogen and oxygen atoms in total. The fourth-order valence-corrected chi connectivity index (χ4v) is 9.39. The summed E-state index contributed by atoms with van der Waals surface area (Å²) < 4.78 is 11.6. The Morgan fingerprint density at radius 1 is 0.596 bits per heavy atom. The van der Waals surface area contributed by atoms with Crippen LogP contribution in [0.2, 0.25) is 0 Å². The van der Waals surface area contributed by atoms with Gasteiger partial charge in [0.15, 0.2) is 0 Å². The molecule has 6 atom stereocenters. The molecule has 4 heterocycles. The first-order chi connectivity index (χ1) is 24.8. The normalized spacial score (nSPS) is 25.5. The number of fused-ring (bicyclic) bond motifs is 6. The van der Waals surface area contributed by atoms with E-state index >= 15 is 0 Å². The second-order valence-corrected chi connectivity index (χ2v) is 17.4. The monoisotopic (exact) mass is 700 g/mol. The number of aromatic nitrogens is 4. The van der Waals surface area contributed by atoms with E-state index in [4.69, 9.17) is 19.4 Å². The van der Waals surface area contributed by atoms with E-state index in [-0.39, 0.29) is 36.4 Å². The number of ether oxygens (including phenoxy) is 2. The van der Waals surface area contributed by atoms with Gasteiger partial charge in [0.1, 0.15) is 22.9 Å². The number of rotatable bonds is 4. The Balaban J connectivity index is 0.944. The van der Waals surface area contributed by atoms with E-state index in [0.29, 0.717) is 11.8 Å². The van der Waals surface area contributed by atoms with E-state index in [2.05, 4.69) is 70.6 Å². The molecule has 0 spiro atoms. The minimum absolute atomic E-state index is 0.0933. The van der Waals surface area contributed by atoms with Gasteiger partial charge >= 0.3 is 12.2 Å². The molecule has 3 aromatic carbocycles. The Kier molecular flexibility index (Phi) is 7.51. The van der Waals surface area contributed by atoms with Gasteiger partial charge in [-0.25, -0.2) is 19.6 Å². The number of carbonyl (C=O) groups is 2. The number of imidazole rings is 2. The molecule has 2 saturated carbocycles. The van der Waals surface area contributed by atoms with Crippen molar-refractivity contribution in [3.63, 3.8) is 0 Å². The second-order valence-electron chi connectivity index (χ2n) is 17.4. The number of piperidine rings is 2. The maximum absolute atomic E-state index is 13.3. The lowest BCUT2D eigenvalue weighted by molar-refractivity contribution is 0.00526. The van der Waals surface area contributed by atoms with Crippen LogP contribution in [0.15, 0.2) is 60.7 Å². The molecule has 4 bridgehead atoms. The number of hydrogen-bond donors (Lipinski definition) is 2. The van der Waals surface area contributed by atoms with Gasteiger partial charge < -0.3 is 19.4 Å². The van der Waals surface area contributed by atoms with Crippen LogP contribution in [0.3, 0.4) is 0 Å². The van der Waals surface area contributed by atoms with Gasteiger partial charge in [-0.1, -0.05) is 36.4 Å². The largest absolute Gasteiger partial charge is 0.444 e. The summed E-state index contributed by atoms with van der Waals surface area (Å²) in [5.41, 5.74) is 7.05. The fraction of sp³-hybridized carbons (Fsp3) is 0.476. The van der Waals surface area contributed by atoms with Gasteiger partial charge in [0.25, 0.3) is 0 Å². The predicted molar refractivity (Wildman–Crippen MR) is 201 cm³/mol. The average Bonchev–Trinajstić information content (AvgIpc) is 3.94. The fourth-order valence-electron chi connectivity index (χ4n) is 9.39. The molecule has 2 amide bonds.